The largest absolute Gasteiger partial charge is 0.433 e. The predicted octanol–water partition coefficient (Wildman–Crippen LogP) is 4.20. The number of hydrogen-bond donors (Lipinski definition) is 2. The van der Waals surface area contributed by atoms with Gasteiger partial charge in [0.05, 0.1) is 10.6 Å². The van der Waals surface area contributed by atoms with E-state index >= 15 is 0 Å². The van der Waals surface area contributed by atoms with Crippen molar-refractivity contribution in [2.75, 3.05) is 6.54 Å². The van der Waals surface area contributed by atoms with E-state index < -0.39 is 58.1 Å². The summed E-state index contributed by atoms with van der Waals surface area (Å²) in [7, 11) is 0. The van der Waals surface area contributed by atoms with Crippen molar-refractivity contribution in [3.8, 4) is 0 Å². The number of hydrogen-bond acceptors (Lipinski definition) is 5. The van der Waals surface area contributed by atoms with Crippen LogP contribution in [0, 0.1) is 10.8 Å². The Morgan fingerprint density at radius 2 is 1.85 bits per heavy atom. The minimum atomic E-state index is -4.78. The van der Waals surface area contributed by atoms with Gasteiger partial charge in [-0.3, -0.25) is 15.6 Å². The fourth-order valence-corrected chi connectivity index (χ4v) is 3.49. The number of nitrogens with one attached hydrogen (secondary N) is 2. The molecule has 1 unspecified atom stereocenters. The van der Waals surface area contributed by atoms with Crippen molar-refractivity contribution in [2.24, 2.45) is 0 Å². The highest BCUT2D eigenvalue weighted by atomic mass is 35.5. The van der Waals surface area contributed by atoms with Gasteiger partial charge in [0.25, 0.3) is 5.91 Å². The van der Waals surface area contributed by atoms with Crippen molar-refractivity contribution in [2.45, 2.75) is 31.9 Å². The maximum atomic E-state index is 13.1. The van der Waals surface area contributed by atoms with E-state index in [1.54, 1.807) is 0 Å². The van der Waals surface area contributed by atoms with Gasteiger partial charge in [0, 0.05) is 25.3 Å². The Morgan fingerprint density at radius 1 is 1.18 bits per heavy atom. The summed E-state index contributed by atoms with van der Waals surface area (Å²) in [6, 6.07) is 3.14. The number of nitrogens with zero attached hydrogens (tertiary/aromatic N) is 4. The molecule has 2 heterocycles. The highest BCUT2D eigenvalue weighted by Crippen LogP contribution is 2.37. The monoisotopic (exact) mass is 492 g/mol. The minimum absolute atomic E-state index is 0.00392. The molecule has 0 saturated carbocycles. The molecule has 1 atom stereocenters. The lowest BCUT2D eigenvalue weighted by Gasteiger charge is -2.40. The summed E-state index contributed by atoms with van der Waals surface area (Å²) in [5.74, 6) is -3.03. The molecule has 1 amide bonds. The minimum Gasteiger partial charge on any atom is -0.327 e. The molecule has 1 aromatic heterocycles. The Balaban J connectivity index is 1.84. The lowest BCUT2D eigenvalue weighted by atomic mass is 10.1. The predicted molar refractivity (Wildman–Crippen MR) is 105 cm³/mol. The van der Waals surface area contributed by atoms with Gasteiger partial charge in [-0.2, -0.15) is 26.3 Å². The number of piperazine rings is 1. The number of carbonyl (C=O) groups excluding carboxylic acids is 1. The molecule has 7 nitrogen and oxygen atoms in total. The number of aromatic nitrogens is 2. The summed E-state index contributed by atoms with van der Waals surface area (Å²) >= 11 is 5.89. The highest BCUT2D eigenvalue weighted by molar-refractivity contribution is 6.40. The second-order valence-electron chi connectivity index (χ2n) is 7.13. The first kappa shape index (κ1) is 24.4. The molecule has 1 aliphatic heterocycles. The summed E-state index contributed by atoms with van der Waals surface area (Å²) < 4.78 is 78.1. The molecule has 0 bridgehead atoms. The number of alkyl halides is 6. The summed E-state index contributed by atoms with van der Waals surface area (Å²) in [6.45, 7) is 0.977. The molecule has 0 radical (unpaired) electrons. The fourth-order valence-electron chi connectivity index (χ4n) is 3.19. The molecule has 0 spiro atoms. The van der Waals surface area contributed by atoms with Gasteiger partial charge in [0.15, 0.2) is 17.5 Å². The number of halogens is 7. The molecule has 2 N–H and O–H groups in total. The van der Waals surface area contributed by atoms with Crippen LogP contribution in [0.5, 0.6) is 0 Å². The van der Waals surface area contributed by atoms with E-state index in [2.05, 4.69) is 9.97 Å². The quantitative estimate of drug-likeness (QED) is 0.381. The zero-order chi connectivity index (χ0) is 24.7. The first-order valence-electron chi connectivity index (χ1n) is 9.22. The summed E-state index contributed by atoms with van der Waals surface area (Å²) in [6.07, 6.45) is -8.67. The highest BCUT2D eigenvalue weighted by Gasteiger charge is 2.39. The number of amidine groups is 2. The Hall–Kier alpha value is -3.22. The Labute approximate surface area is 188 Å². The number of carbonyl (C=O) groups is 1. The lowest BCUT2D eigenvalue weighted by molar-refractivity contribution is -0.141. The van der Waals surface area contributed by atoms with Gasteiger partial charge < -0.3 is 9.80 Å². The molecule has 0 aliphatic carbocycles. The zero-order valence-corrected chi connectivity index (χ0v) is 17.5. The Morgan fingerprint density at radius 3 is 2.45 bits per heavy atom. The van der Waals surface area contributed by atoms with Crippen molar-refractivity contribution in [1.82, 2.24) is 19.8 Å². The van der Waals surface area contributed by atoms with Crippen LogP contribution >= 0.6 is 11.6 Å². The third-order valence-electron chi connectivity index (χ3n) is 4.86. The van der Waals surface area contributed by atoms with E-state index in [1.807, 2.05) is 0 Å². The number of benzene rings is 1. The van der Waals surface area contributed by atoms with Gasteiger partial charge in [-0.05, 0) is 24.6 Å². The third kappa shape index (κ3) is 4.92. The maximum Gasteiger partial charge on any atom is 0.433 e. The van der Waals surface area contributed by atoms with Gasteiger partial charge in [0.2, 0.25) is 0 Å². The number of rotatable bonds is 3. The van der Waals surface area contributed by atoms with Crippen LogP contribution in [-0.4, -0.2) is 49.9 Å². The molecular formula is C19H15ClF6N6O. The van der Waals surface area contributed by atoms with Gasteiger partial charge in [-0.1, -0.05) is 23.7 Å². The van der Waals surface area contributed by atoms with Crippen molar-refractivity contribution in [3.63, 3.8) is 0 Å². The standard InChI is InChI=1S/C19H15ClF6N6O/c1-9-7-32(14(27)16-29-6-5-12(30-16)19(24,25)26)15(28)17(33)31(9)8-10-3-2-4-11(13(10)20)18(21,22)23/h2-6,9,27-28H,7-8H2,1H3. The SMILES string of the molecule is CC1CN(C(=N)c2nccc(C(F)(F)F)n2)C(=N)C(=O)N1Cc1cccc(C(F)(F)F)c1Cl. The first-order chi connectivity index (χ1) is 15.2. The normalized spacial score (nSPS) is 17.5. The smallest absolute Gasteiger partial charge is 0.327 e. The lowest BCUT2D eigenvalue weighted by Crippen LogP contribution is -2.59. The fraction of sp³-hybridized carbons (Fsp3) is 0.316. The average molecular weight is 493 g/mol. The van der Waals surface area contributed by atoms with Gasteiger partial charge in [-0.25, -0.2) is 9.97 Å². The van der Waals surface area contributed by atoms with Gasteiger partial charge in [0.1, 0.15) is 5.69 Å². The van der Waals surface area contributed by atoms with Gasteiger partial charge in [-0.15, -0.1) is 0 Å². The average Bonchev–Trinajstić information content (AvgIpc) is 2.73. The molecule has 1 aromatic carbocycles. The van der Waals surface area contributed by atoms with Crippen molar-refractivity contribution >= 4 is 29.2 Å². The van der Waals surface area contributed by atoms with E-state index in [-0.39, 0.29) is 18.7 Å². The zero-order valence-electron chi connectivity index (χ0n) is 16.7. The molecule has 1 aliphatic rings. The van der Waals surface area contributed by atoms with Crippen LogP contribution in [0.15, 0.2) is 30.5 Å². The molecule has 33 heavy (non-hydrogen) atoms. The first-order valence-corrected chi connectivity index (χ1v) is 9.60. The van der Waals surface area contributed by atoms with Crippen LogP contribution in [0.4, 0.5) is 26.3 Å². The third-order valence-corrected chi connectivity index (χ3v) is 5.31. The molecule has 2 aromatic rings. The summed E-state index contributed by atoms with van der Waals surface area (Å²) in [5, 5.41) is 15.6. The molecule has 3 rings (SSSR count). The van der Waals surface area contributed by atoms with E-state index in [4.69, 9.17) is 22.4 Å². The van der Waals surface area contributed by atoms with Crippen LogP contribution in [0.1, 0.15) is 29.6 Å². The van der Waals surface area contributed by atoms with Crippen molar-refractivity contribution < 1.29 is 31.1 Å². The van der Waals surface area contributed by atoms with Crippen LogP contribution in [-0.2, 0) is 23.7 Å². The van der Waals surface area contributed by atoms with E-state index in [9.17, 15) is 31.1 Å². The summed E-state index contributed by atoms with van der Waals surface area (Å²) in [4.78, 5) is 21.6. The molecular weight excluding hydrogens is 478 g/mol. The van der Waals surface area contributed by atoms with Crippen LogP contribution in [0.2, 0.25) is 5.02 Å². The van der Waals surface area contributed by atoms with E-state index in [0.29, 0.717) is 6.07 Å². The van der Waals surface area contributed by atoms with Crippen molar-refractivity contribution in [3.05, 3.63) is 58.1 Å². The van der Waals surface area contributed by atoms with Crippen LogP contribution in [0.3, 0.4) is 0 Å². The molecule has 1 fully saturated rings. The molecule has 1 saturated heterocycles. The van der Waals surface area contributed by atoms with Crippen molar-refractivity contribution in [1.29, 1.82) is 10.8 Å². The maximum absolute atomic E-state index is 13.1. The topological polar surface area (TPSA) is 97.0 Å². The van der Waals surface area contributed by atoms with Crippen LogP contribution in [0.25, 0.3) is 0 Å². The van der Waals surface area contributed by atoms with Crippen LogP contribution < -0.4 is 0 Å². The molecule has 14 heteroatoms. The second-order valence-corrected chi connectivity index (χ2v) is 7.51. The van der Waals surface area contributed by atoms with E-state index in [1.165, 1.54) is 13.0 Å². The Kier molecular flexibility index (Phi) is 6.37. The Bertz CT molecular complexity index is 1120. The second kappa shape index (κ2) is 8.61. The van der Waals surface area contributed by atoms with E-state index in [0.717, 1.165) is 28.1 Å². The number of amides is 1. The molecule has 176 valence electrons. The van der Waals surface area contributed by atoms with Gasteiger partial charge >= 0.3 is 12.4 Å². The summed E-state index contributed by atoms with van der Waals surface area (Å²) in [5.41, 5.74) is -2.36.